The van der Waals surface area contributed by atoms with E-state index in [9.17, 15) is 0 Å². The van der Waals surface area contributed by atoms with Crippen LogP contribution in [0.2, 0.25) is 4.34 Å². The van der Waals surface area contributed by atoms with Crippen LogP contribution in [0.1, 0.15) is 31.1 Å². The fourth-order valence-electron chi connectivity index (χ4n) is 1.68. The largest absolute Gasteiger partial charge is 0.315 e. The van der Waals surface area contributed by atoms with Crippen LogP contribution < -0.4 is 5.32 Å². The fourth-order valence-corrected chi connectivity index (χ4v) is 2.84. The van der Waals surface area contributed by atoms with Crippen LogP contribution in [0.4, 0.5) is 0 Å². The Balaban J connectivity index is 2.03. The summed E-state index contributed by atoms with van der Waals surface area (Å²) in [7, 11) is 2.15. The monoisotopic (exact) mass is 274 g/mol. The molecule has 2 nitrogen and oxygen atoms in total. The Morgan fingerprint density at radius 3 is 2.76 bits per heavy atom. The zero-order chi connectivity index (χ0) is 12.5. The van der Waals surface area contributed by atoms with Crippen LogP contribution >= 0.6 is 22.9 Å². The van der Waals surface area contributed by atoms with Crippen molar-refractivity contribution in [2.75, 3.05) is 26.7 Å². The first kappa shape index (κ1) is 15.0. The highest BCUT2D eigenvalue weighted by Gasteiger charge is 2.02. The lowest BCUT2D eigenvalue weighted by Crippen LogP contribution is -2.29. The topological polar surface area (TPSA) is 15.3 Å². The SMILES string of the molecule is CCCCCNCCN(C)Cc1ccc(Cl)s1. The van der Waals surface area contributed by atoms with Gasteiger partial charge in [-0.25, -0.2) is 0 Å². The second kappa shape index (κ2) is 8.92. The number of halogens is 1. The smallest absolute Gasteiger partial charge is 0.0931 e. The maximum Gasteiger partial charge on any atom is 0.0931 e. The van der Waals surface area contributed by atoms with Crippen molar-refractivity contribution in [2.45, 2.75) is 32.7 Å². The third kappa shape index (κ3) is 7.04. The molecule has 1 N–H and O–H groups in total. The van der Waals surface area contributed by atoms with E-state index in [0.717, 1.165) is 30.5 Å². The van der Waals surface area contributed by atoms with Crippen LogP contribution in [0.5, 0.6) is 0 Å². The number of thiophene rings is 1. The molecular formula is C13H23ClN2S. The van der Waals surface area contributed by atoms with Gasteiger partial charge in [0.05, 0.1) is 4.34 Å². The minimum atomic E-state index is 0.881. The molecule has 1 aromatic rings. The summed E-state index contributed by atoms with van der Waals surface area (Å²) in [5.41, 5.74) is 0. The number of hydrogen-bond donors (Lipinski definition) is 1. The van der Waals surface area contributed by atoms with Crippen molar-refractivity contribution in [2.24, 2.45) is 0 Å². The van der Waals surface area contributed by atoms with E-state index in [1.54, 1.807) is 11.3 Å². The average Bonchev–Trinajstić information content (AvgIpc) is 2.69. The number of unbranched alkanes of at least 4 members (excludes halogenated alkanes) is 2. The predicted molar refractivity (Wildman–Crippen MR) is 78.1 cm³/mol. The van der Waals surface area contributed by atoms with Crippen molar-refractivity contribution in [1.29, 1.82) is 0 Å². The summed E-state index contributed by atoms with van der Waals surface area (Å²) in [6.45, 7) is 6.53. The highest BCUT2D eigenvalue weighted by Crippen LogP contribution is 2.22. The van der Waals surface area contributed by atoms with E-state index in [2.05, 4.69) is 30.3 Å². The van der Waals surface area contributed by atoms with Gasteiger partial charge in [0.2, 0.25) is 0 Å². The van der Waals surface area contributed by atoms with E-state index in [1.165, 1.54) is 24.1 Å². The van der Waals surface area contributed by atoms with Crippen LogP contribution in [-0.2, 0) is 6.54 Å². The highest BCUT2D eigenvalue weighted by atomic mass is 35.5. The summed E-state index contributed by atoms with van der Waals surface area (Å²) in [6.07, 6.45) is 3.91. The van der Waals surface area contributed by atoms with Crippen molar-refractivity contribution in [1.82, 2.24) is 10.2 Å². The number of nitrogens with one attached hydrogen (secondary N) is 1. The molecule has 17 heavy (non-hydrogen) atoms. The van der Waals surface area contributed by atoms with Crippen molar-refractivity contribution < 1.29 is 0 Å². The lowest BCUT2D eigenvalue weighted by atomic mass is 10.2. The van der Waals surface area contributed by atoms with Crippen molar-refractivity contribution in [3.05, 3.63) is 21.3 Å². The van der Waals surface area contributed by atoms with Gasteiger partial charge in [-0.15, -0.1) is 11.3 Å². The van der Waals surface area contributed by atoms with Gasteiger partial charge in [0.1, 0.15) is 0 Å². The first-order valence-corrected chi connectivity index (χ1v) is 7.55. The Hall–Kier alpha value is -0.0900. The molecule has 0 aliphatic rings. The normalized spacial score (nSPS) is 11.3. The Bertz CT molecular complexity index is 301. The Labute approximate surface area is 114 Å². The molecule has 0 fully saturated rings. The Morgan fingerprint density at radius 2 is 2.12 bits per heavy atom. The first-order valence-electron chi connectivity index (χ1n) is 6.36. The molecular weight excluding hydrogens is 252 g/mol. The van der Waals surface area contributed by atoms with Gasteiger partial charge >= 0.3 is 0 Å². The van der Waals surface area contributed by atoms with E-state index in [1.807, 2.05) is 6.07 Å². The molecule has 0 radical (unpaired) electrons. The first-order chi connectivity index (χ1) is 8.22. The van der Waals surface area contributed by atoms with Crippen LogP contribution in [0, 0.1) is 0 Å². The van der Waals surface area contributed by atoms with Gasteiger partial charge in [-0.1, -0.05) is 31.4 Å². The summed E-state index contributed by atoms with van der Waals surface area (Å²) in [5.74, 6) is 0. The number of rotatable bonds is 9. The molecule has 0 saturated carbocycles. The van der Waals surface area contributed by atoms with Gasteiger partial charge in [0, 0.05) is 24.5 Å². The third-order valence-electron chi connectivity index (χ3n) is 2.68. The van der Waals surface area contributed by atoms with Crippen LogP contribution in [-0.4, -0.2) is 31.6 Å². The van der Waals surface area contributed by atoms with Crippen LogP contribution in [0.25, 0.3) is 0 Å². The Morgan fingerprint density at radius 1 is 1.29 bits per heavy atom. The number of hydrogen-bond acceptors (Lipinski definition) is 3. The molecule has 4 heteroatoms. The molecule has 0 aromatic carbocycles. The molecule has 1 aromatic heterocycles. The fraction of sp³-hybridized carbons (Fsp3) is 0.692. The third-order valence-corrected chi connectivity index (χ3v) is 3.90. The Kier molecular flexibility index (Phi) is 7.86. The van der Waals surface area contributed by atoms with E-state index in [0.29, 0.717) is 0 Å². The molecule has 0 saturated heterocycles. The molecule has 0 aliphatic carbocycles. The molecule has 0 spiro atoms. The van der Waals surface area contributed by atoms with E-state index >= 15 is 0 Å². The summed E-state index contributed by atoms with van der Waals surface area (Å²) in [4.78, 5) is 3.66. The highest BCUT2D eigenvalue weighted by molar-refractivity contribution is 7.16. The van der Waals surface area contributed by atoms with Gasteiger partial charge in [0.25, 0.3) is 0 Å². The van der Waals surface area contributed by atoms with Gasteiger partial charge in [-0.2, -0.15) is 0 Å². The average molecular weight is 275 g/mol. The summed E-state index contributed by atoms with van der Waals surface area (Å²) >= 11 is 7.58. The maximum absolute atomic E-state index is 5.91. The lowest BCUT2D eigenvalue weighted by Gasteiger charge is -2.15. The summed E-state index contributed by atoms with van der Waals surface area (Å²) in [5, 5.41) is 3.48. The van der Waals surface area contributed by atoms with E-state index in [4.69, 9.17) is 11.6 Å². The van der Waals surface area contributed by atoms with E-state index in [-0.39, 0.29) is 0 Å². The van der Waals surface area contributed by atoms with Crippen molar-refractivity contribution in [3.8, 4) is 0 Å². The van der Waals surface area contributed by atoms with Crippen LogP contribution in [0.15, 0.2) is 12.1 Å². The van der Waals surface area contributed by atoms with Crippen molar-refractivity contribution >= 4 is 22.9 Å². The second-order valence-electron chi connectivity index (χ2n) is 4.40. The zero-order valence-electron chi connectivity index (χ0n) is 10.8. The van der Waals surface area contributed by atoms with E-state index < -0.39 is 0 Å². The molecule has 0 amide bonds. The van der Waals surface area contributed by atoms with Crippen LogP contribution in [0.3, 0.4) is 0 Å². The van der Waals surface area contributed by atoms with Gasteiger partial charge in [0.15, 0.2) is 0 Å². The molecule has 0 unspecified atom stereocenters. The molecule has 0 bridgehead atoms. The number of nitrogens with zero attached hydrogens (tertiary/aromatic N) is 1. The van der Waals surface area contributed by atoms with Gasteiger partial charge in [-0.3, -0.25) is 0 Å². The minimum Gasteiger partial charge on any atom is -0.315 e. The molecule has 1 heterocycles. The van der Waals surface area contributed by atoms with Gasteiger partial charge in [-0.05, 0) is 32.1 Å². The molecule has 0 aliphatic heterocycles. The quantitative estimate of drug-likeness (QED) is 0.692. The standard InChI is InChI=1S/C13H23ClN2S/c1-3-4-5-8-15-9-10-16(2)11-12-6-7-13(14)17-12/h6-7,15H,3-5,8-11H2,1-2H3. The predicted octanol–water partition coefficient (Wildman–Crippen LogP) is 3.61. The summed E-state index contributed by atoms with van der Waals surface area (Å²) < 4.78 is 0.881. The second-order valence-corrected chi connectivity index (χ2v) is 6.20. The van der Waals surface area contributed by atoms with Crippen molar-refractivity contribution in [3.63, 3.8) is 0 Å². The molecule has 0 atom stereocenters. The molecule has 98 valence electrons. The molecule has 1 rings (SSSR count). The number of likely N-dealkylation sites (N-methyl/N-ethyl adjacent to an activating group) is 1. The zero-order valence-corrected chi connectivity index (χ0v) is 12.4. The minimum absolute atomic E-state index is 0.881. The lowest BCUT2D eigenvalue weighted by molar-refractivity contribution is 0.327. The van der Waals surface area contributed by atoms with Gasteiger partial charge < -0.3 is 10.2 Å². The maximum atomic E-state index is 5.91. The summed E-state index contributed by atoms with van der Waals surface area (Å²) in [6, 6.07) is 4.08.